The molecule has 0 radical (unpaired) electrons. The number of cyclic esters (lactones) is 1. The van der Waals surface area contributed by atoms with Crippen LogP contribution in [0.25, 0.3) is 0 Å². The second-order valence-corrected chi connectivity index (χ2v) is 9.31. The van der Waals surface area contributed by atoms with E-state index in [4.69, 9.17) is 4.74 Å². The first kappa shape index (κ1) is 29.6. The van der Waals surface area contributed by atoms with Crippen molar-refractivity contribution in [3.63, 3.8) is 0 Å². The van der Waals surface area contributed by atoms with Crippen LogP contribution in [0.5, 0.6) is 0 Å². The zero-order chi connectivity index (χ0) is 28.8. The molecule has 0 spiro atoms. The van der Waals surface area contributed by atoms with Crippen molar-refractivity contribution in [2.75, 3.05) is 14.1 Å². The van der Waals surface area contributed by atoms with Gasteiger partial charge in [-0.3, -0.25) is 4.90 Å². The quantitative estimate of drug-likeness (QED) is 0.340. The Hall–Kier alpha value is -2.96. The van der Waals surface area contributed by atoms with Gasteiger partial charge in [-0.05, 0) is 74.5 Å². The van der Waals surface area contributed by atoms with Gasteiger partial charge in [-0.15, -0.1) is 0 Å². The van der Waals surface area contributed by atoms with Crippen LogP contribution in [0, 0.1) is 0 Å². The summed E-state index contributed by atoms with van der Waals surface area (Å²) in [7, 11) is 3.45. The van der Waals surface area contributed by atoms with Gasteiger partial charge in [-0.25, -0.2) is 4.79 Å². The summed E-state index contributed by atoms with van der Waals surface area (Å²) in [6.07, 6.45) is -17.0. The molecule has 3 rings (SSSR count). The maximum absolute atomic E-state index is 13.5. The first-order valence-electron chi connectivity index (χ1n) is 11.5. The molecule has 1 fully saturated rings. The molecule has 13 heteroatoms. The van der Waals surface area contributed by atoms with Crippen LogP contribution in [0.3, 0.4) is 0 Å². The summed E-state index contributed by atoms with van der Waals surface area (Å²) in [6, 6.07) is 2.61. The topological polar surface area (TPSA) is 32.8 Å². The van der Waals surface area contributed by atoms with Crippen molar-refractivity contribution >= 4 is 6.09 Å². The van der Waals surface area contributed by atoms with Crippen LogP contribution in [-0.4, -0.2) is 36.0 Å². The van der Waals surface area contributed by atoms with E-state index in [9.17, 15) is 44.3 Å². The average molecular weight is 556 g/mol. The number of alkyl halides is 9. The van der Waals surface area contributed by atoms with Crippen LogP contribution in [-0.2, 0) is 29.8 Å². The molecule has 2 aromatic rings. The zero-order valence-corrected chi connectivity index (χ0v) is 20.7. The highest BCUT2D eigenvalue weighted by Crippen LogP contribution is 2.42. The van der Waals surface area contributed by atoms with E-state index in [2.05, 4.69) is 0 Å². The van der Waals surface area contributed by atoms with E-state index < -0.39 is 65.6 Å². The highest BCUT2D eigenvalue weighted by Gasteiger charge is 2.44. The van der Waals surface area contributed by atoms with E-state index in [1.165, 1.54) is 13.0 Å². The van der Waals surface area contributed by atoms with E-state index in [0.29, 0.717) is 24.1 Å². The molecule has 1 aliphatic heterocycles. The number of nitrogens with zero attached hydrogens (tertiary/aromatic N) is 2. The van der Waals surface area contributed by atoms with Gasteiger partial charge in [0.15, 0.2) is 0 Å². The second kappa shape index (κ2) is 10.3. The van der Waals surface area contributed by atoms with Crippen molar-refractivity contribution in [2.45, 2.75) is 63.5 Å². The number of amides is 1. The molecule has 1 unspecified atom stereocenters. The Labute approximate surface area is 213 Å². The molecular weight excluding hydrogens is 531 g/mol. The Balaban J connectivity index is 2.04. The number of benzene rings is 2. The minimum atomic E-state index is -5.10. The highest BCUT2D eigenvalue weighted by molar-refractivity contribution is 5.71. The van der Waals surface area contributed by atoms with E-state index in [0.717, 1.165) is 17.0 Å². The Kier molecular flexibility index (Phi) is 8.03. The van der Waals surface area contributed by atoms with Crippen LogP contribution in [0.4, 0.5) is 44.3 Å². The molecule has 1 heterocycles. The Morgan fingerprint density at radius 1 is 0.868 bits per heavy atom. The lowest BCUT2D eigenvalue weighted by Gasteiger charge is -2.29. The SMILES string of the molecule is CCC(c1ccc(C(F)(F)F)cc1CN1C(=O)O[C@H](c2cc(C(F)(F)F)cc(C(F)(F)F)c2)[C@@H]1C)N(C)C. The molecule has 0 aromatic heterocycles. The van der Waals surface area contributed by atoms with Crippen LogP contribution in [0.2, 0.25) is 0 Å². The number of hydrogen-bond acceptors (Lipinski definition) is 3. The smallest absolute Gasteiger partial charge is 0.416 e. The average Bonchev–Trinajstić information content (AvgIpc) is 3.06. The minimum absolute atomic E-state index is 0.0379. The maximum atomic E-state index is 13.5. The van der Waals surface area contributed by atoms with Crippen molar-refractivity contribution in [1.82, 2.24) is 9.80 Å². The number of halogens is 9. The third-order valence-electron chi connectivity index (χ3n) is 6.51. The van der Waals surface area contributed by atoms with Crippen molar-refractivity contribution in [2.24, 2.45) is 0 Å². The molecule has 0 bridgehead atoms. The number of ether oxygens (including phenoxy) is 1. The summed E-state index contributed by atoms with van der Waals surface area (Å²) in [5, 5.41) is 0. The van der Waals surface area contributed by atoms with Crippen molar-refractivity contribution in [1.29, 1.82) is 0 Å². The van der Waals surface area contributed by atoms with Gasteiger partial charge in [0.25, 0.3) is 0 Å². The minimum Gasteiger partial charge on any atom is -0.439 e. The molecule has 4 nitrogen and oxygen atoms in total. The van der Waals surface area contributed by atoms with Gasteiger partial charge in [0.2, 0.25) is 0 Å². The fourth-order valence-corrected chi connectivity index (χ4v) is 4.59. The molecule has 2 aromatic carbocycles. The summed E-state index contributed by atoms with van der Waals surface area (Å²) < 4.78 is 126. The number of carbonyl (C=O) groups is 1. The number of hydrogen-bond donors (Lipinski definition) is 0. The number of carbonyl (C=O) groups excluding carboxylic acids is 1. The monoisotopic (exact) mass is 556 g/mol. The van der Waals surface area contributed by atoms with Crippen LogP contribution < -0.4 is 0 Å². The lowest BCUT2D eigenvalue weighted by atomic mass is 9.94. The lowest BCUT2D eigenvalue weighted by molar-refractivity contribution is -0.143. The summed E-state index contributed by atoms with van der Waals surface area (Å²) in [4.78, 5) is 15.5. The predicted molar refractivity (Wildman–Crippen MR) is 119 cm³/mol. The van der Waals surface area contributed by atoms with Gasteiger partial charge in [-0.2, -0.15) is 39.5 Å². The normalized spacial score (nSPS) is 19.7. The summed E-state index contributed by atoms with van der Waals surface area (Å²) >= 11 is 0. The van der Waals surface area contributed by atoms with Crippen LogP contribution in [0.15, 0.2) is 36.4 Å². The highest BCUT2D eigenvalue weighted by atomic mass is 19.4. The van der Waals surface area contributed by atoms with Crippen LogP contribution in [0.1, 0.15) is 65.8 Å². The van der Waals surface area contributed by atoms with E-state index >= 15 is 0 Å². The van der Waals surface area contributed by atoms with Gasteiger partial charge in [0.05, 0.1) is 22.7 Å². The van der Waals surface area contributed by atoms with Crippen molar-refractivity contribution in [3.8, 4) is 0 Å². The summed E-state index contributed by atoms with van der Waals surface area (Å²) in [6.45, 7) is 2.77. The molecular formula is C25H25F9N2O2. The lowest BCUT2D eigenvalue weighted by Crippen LogP contribution is -2.32. The standard InChI is InChI=1S/C25H25F9N2O2/c1-5-20(35(3)4)19-7-6-16(23(26,27)28)10-15(19)12-36-13(2)21(38-22(36)37)14-8-17(24(29,30)31)11-18(9-14)25(32,33)34/h6-11,13,20-21H,5,12H2,1-4H3/t13-,20?,21-/m0/s1. The van der Waals surface area contributed by atoms with Crippen molar-refractivity contribution < 1.29 is 49.0 Å². The molecule has 38 heavy (non-hydrogen) atoms. The van der Waals surface area contributed by atoms with Crippen LogP contribution >= 0.6 is 0 Å². The fourth-order valence-electron chi connectivity index (χ4n) is 4.59. The predicted octanol–water partition coefficient (Wildman–Crippen LogP) is 7.84. The third-order valence-corrected chi connectivity index (χ3v) is 6.51. The molecule has 1 saturated heterocycles. The molecule has 0 saturated carbocycles. The summed E-state index contributed by atoms with van der Waals surface area (Å²) in [5.74, 6) is 0. The number of rotatable bonds is 6. The van der Waals surface area contributed by atoms with E-state index in [1.54, 1.807) is 19.0 Å². The largest absolute Gasteiger partial charge is 0.439 e. The van der Waals surface area contributed by atoms with Gasteiger partial charge in [-0.1, -0.05) is 13.0 Å². The fraction of sp³-hybridized carbons (Fsp3) is 0.480. The Morgan fingerprint density at radius 2 is 1.39 bits per heavy atom. The van der Waals surface area contributed by atoms with Gasteiger partial charge in [0.1, 0.15) is 6.10 Å². The first-order valence-corrected chi connectivity index (χ1v) is 11.5. The Morgan fingerprint density at radius 3 is 1.84 bits per heavy atom. The van der Waals surface area contributed by atoms with Gasteiger partial charge < -0.3 is 9.64 Å². The summed E-state index contributed by atoms with van der Waals surface area (Å²) in [5.41, 5.74) is -4.01. The molecule has 0 N–H and O–H groups in total. The molecule has 210 valence electrons. The molecule has 1 amide bonds. The first-order chi connectivity index (χ1) is 17.3. The van der Waals surface area contributed by atoms with E-state index in [1.807, 2.05) is 6.92 Å². The van der Waals surface area contributed by atoms with Gasteiger partial charge >= 0.3 is 24.6 Å². The second-order valence-electron chi connectivity index (χ2n) is 9.31. The third kappa shape index (κ3) is 6.19. The van der Waals surface area contributed by atoms with E-state index in [-0.39, 0.29) is 17.7 Å². The molecule has 1 aliphatic rings. The maximum Gasteiger partial charge on any atom is 0.416 e. The zero-order valence-electron chi connectivity index (χ0n) is 20.7. The van der Waals surface area contributed by atoms with Crippen molar-refractivity contribution in [3.05, 3.63) is 69.8 Å². The molecule has 0 aliphatic carbocycles. The van der Waals surface area contributed by atoms with Gasteiger partial charge in [0, 0.05) is 12.6 Å². The molecule has 3 atom stereocenters. The Bertz CT molecular complexity index is 1140.